The summed E-state index contributed by atoms with van der Waals surface area (Å²) in [5.41, 5.74) is 4.79. The molecule has 0 bridgehead atoms. The average Bonchev–Trinajstić information content (AvgIpc) is 3.30. The highest BCUT2D eigenvalue weighted by Gasteiger charge is 2.22. The molecule has 28 heavy (non-hydrogen) atoms. The van der Waals surface area contributed by atoms with E-state index < -0.39 is 0 Å². The van der Waals surface area contributed by atoms with E-state index in [1.54, 1.807) is 0 Å². The molecule has 3 aromatic rings. The molecule has 1 fully saturated rings. The molecule has 0 amide bonds. The lowest BCUT2D eigenvalue weighted by molar-refractivity contribution is 0.135. The van der Waals surface area contributed by atoms with Crippen molar-refractivity contribution < 1.29 is 0 Å². The number of nitrogens with zero attached hydrogens (tertiary/aromatic N) is 5. The van der Waals surface area contributed by atoms with Gasteiger partial charge in [-0.1, -0.05) is 37.3 Å². The van der Waals surface area contributed by atoms with Gasteiger partial charge >= 0.3 is 0 Å². The zero-order chi connectivity index (χ0) is 19.5. The second-order valence-electron chi connectivity index (χ2n) is 8.29. The number of benzene rings is 1. The van der Waals surface area contributed by atoms with Crippen molar-refractivity contribution in [1.82, 2.24) is 24.2 Å². The van der Waals surface area contributed by atoms with E-state index in [4.69, 9.17) is 0 Å². The van der Waals surface area contributed by atoms with Gasteiger partial charge in [0, 0.05) is 23.8 Å². The van der Waals surface area contributed by atoms with Gasteiger partial charge in [0.25, 0.3) is 0 Å². The van der Waals surface area contributed by atoms with Crippen LogP contribution in [0.25, 0.3) is 11.3 Å². The highest BCUT2D eigenvalue weighted by molar-refractivity contribution is 5.61. The van der Waals surface area contributed by atoms with Gasteiger partial charge in [0.2, 0.25) is 0 Å². The number of likely N-dealkylation sites (tertiary alicyclic amines) is 1. The van der Waals surface area contributed by atoms with Crippen LogP contribution in [0.5, 0.6) is 0 Å². The van der Waals surface area contributed by atoms with Crippen molar-refractivity contribution in [3.8, 4) is 11.3 Å². The van der Waals surface area contributed by atoms with Gasteiger partial charge in [-0.15, -0.1) is 0 Å². The number of hydrogen-bond acceptors (Lipinski definition) is 3. The van der Waals surface area contributed by atoms with Crippen molar-refractivity contribution in [3.63, 3.8) is 0 Å². The number of rotatable bonds is 6. The molecule has 5 heteroatoms. The van der Waals surface area contributed by atoms with E-state index in [2.05, 4.69) is 69.3 Å². The highest BCUT2D eigenvalue weighted by atomic mass is 15.3. The van der Waals surface area contributed by atoms with Gasteiger partial charge in [-0.2, -0.15) is 5.10 Å². The number of imidazole rings is 1. The number of piperidine rings is 1. The maximum Gasteiger partial charge on any atom is 0.0951 e. The van der Waals surface area contributed by atoms with Crippen LogP contribution in [0.3, 0.4) is 0 Å². The molecule has 148 valence electrons. The Balaban J connectivity index is 1.49. The van der Waals surface area contributed by atoms with Gasteiger partial charge in [0.1, 0.15) is 0 Å². The summed E-state index contributed by atoms with van der Waals surface area (Å²) in [4.78, 5) is 7.07. The smallest absolute Gasteiger partial charge is 0.0951 e. The Morgan fingerprint density at radius 2 is 1.86 bits per heavy atom. The van der Waals surface area contributed by atoms with Crippen LogP contribution in [0, 0.1) is 12.8 Å². The minimum Gasteiger partial charge on any atom is -0.329 e. The average molecular weight is 378 g/mol. The van der Waals surface area contributed by atoms with E-state index in [1.165, 1.54) is 42.8 Å². The largest absolute Gasteiger partial charge is 0.329 e. The molecule has 0 spiro atoms. The molecule has 0 unspecified atom stereocenters. The first-order valence-electron chi connectivity index (χ1n) is 10.4. The van der Waals surface area contributed by atoms with Crippen molar-refractivity contribution in [3.05, 3.63) is 60.3 Å². The summed E-state index contributed by atoms with van der Waals surface area (Å²) < 4.78 is 4.37. The Bertz CT molecular complexity index is 887. The molecule has 0 radical (unpaired) electrons. The van der Waals surface area contributed by atoms with E-state index in [1.807, 2.05) is 24.8 Å². The third-order valence-corrected chi connectivity index (χ3v) is 6.17. The molecule has 1 aromatic carbocycles. The highest BCUT2D eigenvalue weighted by Crippen LogP contribution is 2.25. The van der Waals surface area contributed by atoms with Crippen LogP contribution in [-0.4, -0.2) is 43.4 Å². The normalized spacial score (nSPS) is 17.1. The zero-order valence-corrected chi connectivity index (χ0v) is 17.3. The van der Waals surface area contributed by atoms with Crippen LogP contribution in [0.4, 0.5) is 0 Å². The number of aromatic nitrogens is 4. The van der Waals surface area contributed by atoms with Crippen LogP contribution in [-0.2, 0) is 13.1 Å². The Morgan fingerprint density at radius 1 is 1.11 bits per heavy atom. The molecule has 5 nitrogen and oxygen atoms in total. The predicted molar refractivity (Wildman–Crippen MR) is 113 cm³/mol. The summed E-state index contributed by atoms with van der Waals surface area (Å²) in [7, 11) is 0. The molecule has 1 aliphatic rings. The predicted octanol–water partition coefficient (Wildman–Crippen LogP) is 4.22. The van der Waals surface area contributed by atoms with Crippen molar-refractivity contribution in [2.75, 3.05) is 13.1 Å². The summed E-state index contributed by atoms with van der Waals surface area (Å²) in [6.45, 7) is 11.0. The van der Waals surface area contributed by atoms with Gasteiger partial charge in [-0.05, 0) is 51.3 Å². The van der Waals surface area contributed by atoms with Crippen LogP contribution in [0.1, 0.15) is 37.9 Å². The molecule has 0 N–H and O–H groups in total. The van der Waals surface area contributed by atoms with Crippen molar-refractivity contribution >= 4 is 0 Å². The molecule has 1 atom stereocenters. The Kier molecular flexibility index (Phi) is 5.62. The second kappa shape index (κ2) is 8.31. The molecular weight excluding hydrogens is 346 g/mol. The van der Waals surface area contributed by atoms with Crippen LogP contribution in [0.2, 0.25) is 0 Å². The van der Waals surface area contributed by atoms with Gasteiger partial charge in [0.15, 0.2) is 0 Å². The zero-order valence-electron chi connectivity index (χ0n) is 17.3. The van der Waals surface area contributed by atoms with Gasteiger partial charge in [0.05, 0.1) is 31.0 Å². The second-order valence-corrected chi connectivity index (χ2v) is 8.29. The number of hydrogen-bond donors (Lipinski definition) is 0. The fourth-order valence-electron chi connectivity index (χ4n) is 4.17. The summed E-state index contributed by atoms with van der Waals surface area (Å²) in [6.07, 6.45) is 8.55. The van der Waals surface area contributed by atoms with Crippen LogP contribution in [0.15, 0.2) is 49.1 Å². The first kappa shape index (κ1) is 18.9. The standard InChI is InChI=1S/C23H31N5/c1-18-9-11-26(12-10-18)19(2)15-27-17-24-14-23(27)22-13-25-28(20(22)3)16-21-7-5-4-6-8-21/h4-8,13-14,17-19H,9-12,15-16H2,1-3H3/t19-/m1/s1. The SMILES string of the molecule is Cc1c(-c2cncn2C[C@@H](C)N2CCC(C)CC2)cnn1Cc1ccccc1. The summed E-state index contributed by atoms with van der Waals surface area (Å²) in [5, 5.41) is 4.65. The topological polar surface area (TPSA) is 38.9 Å². The van der Waals surface area contributed by atoms with Crippen molar-refractivity contribution in [2.45, 2.75) is 52.7 Å². The molecular formula is C23H31N5. The van der Waals surface area contributed by atoms with E-state index in [9.17, 15) is 0 Å². The maximum atomic E-state index is 4.65. The Morgan fingerprint density at radius 3 is 2.61 bits per heavy atom. The molecule has 0 saturated carbocycles. The monoisotopic (exact) mass is 377 g/mol. The van der Waals surface area contributed by atoms with Crippen LogP contribution >= 0.6 is 0 Å². The van der Waals surface area contributed by atoms with E-state index in [0.717, 1.165) is 24.7 Å². The van der Waals surface area contributed by atoms with Crippen molar-refractivity contribution in [2.24, 2.45) is 5.92 Å². The fraction of sp³-hybridized carbons (Fsp3) is 0.478. The minimum absolute atomic E-state index is 0.514. The fourth-order valence-corrected chi connectivity index (χ4v) is 4.17. The lowest BCUT2D eigenvalue weighted by Gasteiger charge is -2.35. The quantitative estimate of drug-likeness (QED) is 0.645. The van der Waals surface area contributed by atoms with Gasteiger partial charge < -0.3 is 4.57 Å². The molecule has 1 aliphatic heterocycles. The third-order valence-electron chi connectivity index (χ3n) is 6.17. The first-order valence-corrected chi connectivity index (χ1v) is 10.4. The molecule has 2 aromatic heterocycles. The lowest BCUT2D eigenvalue weighted by Crippen LogP contribution is -2.41. The van der Waals surface area contributed by atoms with Gasteiger partial charge in [-0.25, -0.2) is 4.98 Å². The van der Waals surface area contributed by atoms with E-state index in [-0.39, 0.29) is 0 Å². The summed E-state index contributed by atoms with van der Waals surface area (Å²) in [6, 6.07) is 11.0. The summed E-state index contributed by atoms with van der Waals surface area (Å²) >= 11 is 0. The molecule has 4 rings (SSSR count). The third kappa shape index (κ3) is 4.04. The maximum absolute atomic E-state index is 4.65. The van der Waals surface area contributed by atoms with E-state index >= 15 is 0 Å². The lowest BCUT2D eigenvalue weighted by atomic mass is 9.98. The summed E-state index contributed by atoms with van der Waals surface area (Å²) in [5.74, 6) is 0.866. The molecule has 1 saturated heterocycles. The van der Waals surface area contributed by atoms with Crippen molar-refractivity contribution in [1.29, 1.82) is 0 Å². The molecule has 3 heterocycles. The van der Waals surface area contributed by atoms with Crippen LogP contribution < -0.4 is 0 Å². The molecule has 0 aliphatic carbocycles. The Hall–Kier alpha value is -2.40. The first-order chi connectivity index (χ1) is 13.6. The van der Waals surface area contributed by atoms with E-state index in [0.29, 0.717) is 6.04 Å². The minimum atomic E-state index is 0.514. The van der Waals surface area contributed by atoms with Gasteiger partial charge in [-0.3, -0.25) is 9.58 Å². The Labute approximate surface area is 168 Å².